The Labute approximate surface area is 238 Å². The van der Waals surface area contributed by atoms with Crippen LogP contribution in [0.3, 0.4) is 0 Å². The Morgan fingerprint density at radius 3 is 0.538 bits per heavy atom. The summed E-state index contributed by atoms with van der Waals surface area (Å²) < 4.78 is 0. The number of benzene rings is 6. The Balaban J connectivity index is 1.76. The quantitative estimate of drug-likeness (QED) is 0.143. The Morgan fingerprint density at radius 1 is 0.231 bits per heavy atom. The van der Waals surface area contributed by atoms with Crippen LogP contribution in [-0.4, -0.2) is 0 Å². The summed E-state index contributed by atoms with van der Waals surface area (Å²) in [6, 6.07) is 67.6. The molecule has 0 radical (unpaired) electrons. The first kappa shape index (κ1) is 25.9. The van der Waals surface area contributed by atoms with Gasteiger partial charge in [-0.1, -0.05) is 0 Å². The van der Waals surface area contributed by atoms with E-state index in [4.69, 9.17) is 0 Å². The van der Waals surface area contributed by atoms with Crippen LogP contribution < -0.4 is 31.8 Å². The van der Waals surface area contributed by atoms with Crippen molar-refractivity contribution in [3.8, 4) is 0 Å². The molecule has 0 spiro atoms. The molecule has 0 atom stereocenters. The molecule has 0 nitrogen and oxygen atoms in total. The van der Waals surface area contributed by atoms with E-state index in [1.165, 1.54) is 31.8 Å². The molecule has 0 bridgehead atoms. The molecule has 3 heteroatoms. The maximum atomic E-state index is 2.43. The van der Waals surface area contributed by atoms with Gasteiger partial charge in [-0.05, 0) is 0 Å². The summed E-state index contributed by atoms with van der Waals surface area (Å²) >= 11 is 2.43. The van der Waals surface area contributed by atoms with Gasteiger partial charge in [0.15, 0.2) is 0 Å². The predicted molar refractivity (Wildman–Crippen MR) is 173 cm³/mol. The zero-order valence-electron chi connectivity index (χ0n) is 21.6. The monoisotopic (exact) mass is 589 g/mol. The molecule has 0 unspecified atom stereocenters. The minimum atomic E-state index is -2.64. The topological polar surface area (TPSA) is 0 Å². The van der Waals surface area contributed by atoms with Crippen molar-refractivity contribution in [3.05, 3.63) is 182 Å². The summed E-state index contributed by atoms with van der Waals surface area (Å²) in [6.07, 6.45) is 0. The van der Waals surface area contributed by atoms with Gasteiger partial charge in [-0.3, -0.25) is 0 Å². The van der Waals surface area contributed by atoms with Crippen molar-refractivity contribution in [1.82, 2.24) is 0 Å². The van der Waals surface area contributed by atoms with Crippen molar-refractivity contribution in [1.29, 1.82) is 0 Å². The van der Waals surface area contributed by atoms with E-state index >= 15 is 0 Å². The molecule has 6 aromatic carbocycles. The van der Waals surface area contributed by atoms with Crippen molar-refractivity contribution in [2.45, 2.75) is 0 Å². The molecule has 0 aliphatic carbocycles. The zero-order chi connectivity index (χ0) is 26.4. The van der Waals surface area contributed by atoms with Crippen LogP contribution in [0.15, 0.2) is 182 Å². The normalized spacial score (nSPS) is 12.6. The van der Waals surface area contributed by atoms with Gasteiger partial charge in [-0.15, -0.1) is 0 Å². The standard InChI is InChI=1S/2C18H15P.Cu/c2*1-4-10-16(11-5-1)19(17-12-6-2-7-13-17)18-14-8-3-9-15-18;/h2*1-15H;/q;;-2/p+2. The molecule has 0 heterocycles. The summed E-state index contributed by atoms with van der Waals surface area (Å²) in [7, 11) is 0. The second-order valence-corrected chi connectivity index (χ2v) is 22.3. The molecule has 39 heavy (non-hydrogen) atoms. The Bertz CT molecular complexity index is 1270. The van der Waals surface area contributed by atoms with Crippen LogP contribution in [0.2, 0.25) is 0 Å². The minimum absolute atomic E-state index is 1.42. The van der Waals surface area contributed by atoms with Gasteiger partial charge >= 0.3 is 240 Å². The summed E-state index contributed by atoms with van der Waals surface area (Å²) in [5.74, 6) is -5.28. The molecule has 0 saturated carbocycles. The van der Waals surface area contributed by atoms with Crippen LogP contribution in [-0.2, 0) is 14.1 Å². The summed E-state index contributed by atoms with van der Waals surface area (Å²) in [6.45, 7) is 0. The van der Waals surface area contributed by atoms with E-state index in [0.29, 0.717) is 0 Å². The average Bonchev–Trinajstić information content (AvgIpc) is 3.04. The zero-order valence-corrected chi connectivity index (χ0v) is 24.6. The Kier molecular flexibility index (Phi) is 7.88. The van der Waals surface area contributed by atoms with Crippen LogP contribution in [0.4, 0.5) is 0 Å². The van der Waals surface area contributed by atoms with Crippen LogP contribution in [0.25, 0.3) is 0 Å². The van der Waals surface area contributed by atoms with E-state index in [1.807, 2.05) is 0 Å². The third-order valence-corrected chi connectivity index (χ3v) is 26.7. The van der Waals surface area contributed by atoms with Crippen LogP contribution in [0.1, 0.15) is 0 Å². The Hall–Kier alpha value is -3.30. The van der Waals surface area contributed by atoms with E-state index < -0.39 is 11.9 Å². The average molecular weight is 590 g/mol. The molecule has 0 amide bonds. The molecule has 6 rings (SSSR count). The number of hydrogen-bond donors (Lipinski definition) is 0. The van der Waals surface area contributed by atoms with Gasteiger partial charge < -0.3 is 0 Å². The fraction of sp³-hybridized carbons (Fsp3) is 0. The van der Waals surface area contributed by atoms with Crippen LogP contribution in [0, 0.1) is 0 Å². The molecule has 0 saturated heterocycles. The molecule has 6 aromatic rings. The van der Waals surface area contributed by atoms with Gasteiger partial charge in [-0.2, -0.15) is 0 Å². The van der Waals surface area contributed by atoms with Crippen molar-refractivity contribution in [2.75, 3.05) is 0 Å². The van der Waals surface area contributed by atoms with Crippen molar-refractivity contribution in [3.63, 3.8) is 0 Å². The SMILES string of the molecule is c1ccc([PH]([Cu][PH](c2ccccc2)(c2ccccc2)c2ccccc2)(c2ccccc2)c2ccccc2)cc1. The molecular weight excluding hydrogens is 558 g/mol. The molecule has 0 aliphatic heterocycles. The van der Waals surface area contributed by atoms with E-state index in [0.717, 1.165) is 0 Å². The number of hydrogen-bond acceptors (Lipinski definition) is 0. The van der Waals surface area contributed by atoms with E-state index in [1.54, 1.807) is 0 Å². The van der Waals surface area contributed by atoms with Gasteiger partial charge in [0.25, 0.3) is 0 Å². The first-order chi connectivity index (χ1) is 19.3. The molecular formula is C36H32CuP2. The summed E-state index contributed by atoms with van der Waals surface area (Å²) in [5, 5.41) is 8.51. The first-order valence-electron chi connectivity index (χ1n) is 13.3. The molecule has 197 valence electrons. The summed E-state index contributed by atoms with van der Waals surface area (Å²) in [4.78, 5) is 0. The fourth-order valence-corrected chi connectivity index (χ4v) is 29.5. The predicted octanol–water partition coefficient (Wildman–Crippen LogP) is 6.35. The first-order valence-corrected chi connectivity index (χ1v) is 19.7. The van der Waals surface area contributed by atoms with Crippen LogP contribution in [0.5, 0.6) is 0 Å². The summed E-state index contributed by atoms with van der Waals surface area (Å²) in [5.41, 5.74) is 0. The van der Waals surface area contributed by atoms with Crippen molar-refractivity contribution < 1.29 is 14.1 Å². The van der Waals surface area contributed by atoms with Gasteiger partial charge in [-0.25, -0.2) is 0 Å². The van der Waals surface area contributed by atoms with Gasteiger partial charge in [0.2, 0.25) is 0 Å². The second-order valence-electron chi connectivity index (χ2n) is 9.47. The molecule has 0 aromatic heterocycles. The van der Waals surface area contributed by atoms with E-state index in [9.17, 15) is 0 Å². The third-order valence-electron chi connectivity index (χ3n) is 7.12. The Morgan fingerprint density at radius 2 is 0.385 bits per heavy atom. The third kappa shape index (κ3) is 4.94. The van der Waals surface area contributed by atoms with E-state index in [-0.39, 0.29) is 0 Å². The second kappa shape index (κ2) is 11.8. The molecule has 0 N–H and O–H groups in total. The van der Waals surface area contributed by atoms with Gasteiger partial charge in [0.1, 0.15) is 0 Å². The van der Waals surface area contributed by atoms with Gasteiger partial charge in [0.05, 0.1) is 0 Å². The maximum absolute atomic E-state index is 2.64. The molecule has 0 aliphatic rings. The molecule has 0 fully saturated rings. The van der Waals surface area contributed by atoms with E-state index in [2.05, 4.69) is 196 Å². The van der Waals surface area contributed by atoms with Crippen LogP contribution >= 0.6 is 11.9 Å². The van der Waals surface area contributed by atoms with Crippen molar-refractivity contribution >= 4 is 43.7 Å². The fourth-order valence-electron chi connectivity index (χ4n) is 5.36. The van der Waals surface area contributed by atoms with Gasteiger partial charge in [0, 0.05) is 0 Å². The number of rotatable bonds is 8. The van der Waals surface area contributed by atoms with Crippen molar-refractivity contribution in [2.24, 2.45) is 0 Å².